The molecule has 0 N–H and O–H groups in total. The summed E-state index contributed by atoms with van der Waals surface area (Å²) in [6.07, 6.45) is 5.28. The van der Waals surface area contributed by atoms with Crippen molar-refractivity contribution in [2.45, 2.75) is 32.2 Å². The molecule has 0 saturated carbocycles. The molecule has 0 bridgehead atoms. The lowest BCUT2D eigenvalue weighted by molar-refractivity contribution is 0.268. The van der Waals surface area contributed by atoms with Crippen LogP contribution in [0.25, 0.3) is 11.3 Å². The Bertz CT molecular complexity index is 586. The Morgan fingerprint density at radius 3 is 2.84 bits per heavy atom. The van der Waals surface area contributed by atoms with E-state index in [0.29, 0.717) is 6.04 Å². The zero-order valence-electron chi connectivity index (χ0n) is 11.8. The number of benzene rings is 1. The highest BCUT2D eigenvalue weighted by Gasteiger charge is 2.24. The normalized spacial score (nSPS) is 18.6. The van der Waals surface area contributed by atoms with Gasteiger partial charge in [0, 0.05) is 17.2 Å². The van der Waals surface area contributed by atoms with Crippen LogP contribution in [0, 0.1) is 6.92 Å². The van der Waals surface area contributed by atoms with Gasteiger partial charge in [-0.1, -0.05) is 23.4 Å². The molecule has 100 valence electrons. The van der Waals surface area contributed by atoms with E-state index in [9.17, 15) is 0 Å². The Morgan fingerprint density at radius 1 is 1.32 bits per heavy atom. The zero-order chi connectivity index (χ0) is 13.4. The monoisotopic (exact) mass is 256 g/mol. The average molecular weight is 256 g/mol. The van der Waals surface area contributed by atoms with Crippen molar-refractivity contribution in [1.82, 2.24) is 10.1 Å². The Labute approximate surface area is 114 Å². The van der Waals surface area contributed by atoms with Crippen molar-refractivity contribution in [1.29, 1.82) is 0 Å². The maximum atomic E-state index is 5.45. The van der Waals surface area contributed by atoms with Gasteiger partial charge in [-0.15, -0.1) is 0 Å². The molecule has 1 unspecified atom stereocenters. The van der Waals surface area contributed by atoms with E-state index in [1.165, 1.54) is 23.1 Å². The van der Waals surface area contributed by atoms with E-state index < -0.39 is 0 Å². The summed E-state index contributed by atoms with van der Waals surface area (Å²) >= 11 is 0. The average Bonchev–Trinajstić information content (AvgIpc) is 2.83. The maximum Gasteiger partial charge on any atom is 0.170 e. The van der Waals surface area contributed by atoms with Gasteiger partial charge in [0.15, 0.2) is 5.76 Å². The number of rotatable bonds is 2. The van der Waals surface area contributed by atoms with Crippen molar-refractivity contribution in [3.8, 4) is 11.3 Å². The summed E-state index contributed by atoms with van der Waals surface area (Å²) in [6, 6.07) is 7.16. The van der Waals surface area contributed by atoms with E-state index in [0.717, 1.165) is 24.2 Å². The highest BCUT2D eigenvalue weighted by atomic mass is 16.5. The molecule has 0 spiro atoms. The fourth-order valence-corrected chi connectivity index (χ4v) is 2.97. The highest BCUT2D eigenvalue weighted by Crippen LogP contribution is 2.33. The number of aromatic nitrogens is 1. The summed E-state index contributed by atoms with van der Waals surface area (Å²) in [4.78, 5) is 2.33. The van der Waals surface area contributed by atoms with Crippen LogP contribution in [0.4, 0.5) is 0 Å². The minimum Gasteiger partial charge on any atom is -0.356 e. The summed E-state index contributed by atoms with van der Waals surface area (Å²) in [7, 11) is 4.33. The third-order valence-electron chi connectivity index (χ3n) is 4.18. The van der Waals surface area contributed by atoms with E-state index in [2.05, 4.69) is 49.3 Å². The second kappa shape index (κ2) is 4.82. The molecule has 19 heavy (non-hydrogen) atoms. The van der Waals surface area contributed by atoms with E-state index in [-0.39, 0.29) is 0 Å². The summed E-state index contributed by atoms with van der Waals surface area (Å²) in [6.45, 7) is 2.05. The first kappa shape index (κ1) is 12.4. The summed E-state index contributed by atoms with van der Waals surface area (Å²) in [5.74, 6) is 0.927. The van der Waals surface area contributed by atoms with Crippen LogP contribution in [0.2, 0.25) is 0 Å². The predicted octanol–water partition coefficient (Wildman–Crippen LogP) is 3.07. The molecular weight excluding hydrogens is 236 g/mol. The van der Waals surface area contributed by atoms with E-state index in [1.54, 1.807) is 6.20 Å². The lowest BCUT2D eigenvalue weighted by atomic mass is 9.84. The van der Waals surface area contributed by atoms with Crippen molar-refractivity contribution < 1.29 is 4.52 Å². The fourth-order valence-electron chi connectivity index (χ4n) is 2.97. The lowest BCUT2D eigenvalue weighted by Crippen LogP contribution is -2.33. The first-order chi connectivity index (χ1) is 9.16. The van der Waals surface area contributed by atoms with Crippen molar-refractivity contribution in [2.24, 2.45) is 0 Å². The molecule has 0 fully saturated rings. The molecule has 0 aliphatic heterocycles. The number of fused-ring (bicyclic) bond motifs is 1. The number of nitrogens with zero attached hydrogens (tertiary/aromatic N) is 2. The lowest BCUT2D eigenvalue weighted by Gasteiger charge is -2.30. The Hall–Kier alpha value is -1.61. The van der Waals surface area contributed by atoms with E-state index in [1.807, 2.05) is 0 Å². The highest BCUT2D eigenvalue weighted by molar-refractivity contribution is 5.67. The third kappa shape index (κ3) is 2.19. The van der Waals surface area contributed by atoms with Gasteiger partial charge in [-0.3, -0.25) is 0 Å². The van der Waals surface area contributed by atoms with Crippen LogP contribution in [0.1, 0.15) is 23.1 Å². The minimum atomic E-state index is 0.622. The van der Waals surface area contributed by atoms with Crippen molar-refractivity contribution in [3.05, 3.63) is 41.1 Å². The fraction of sp³-hybridized carbons (Fsp3) is 0.438. The maximum absolute atomic E-state index is 5.45. The molecule has 1 aliphatic carbocycles. The number of hydrogen-bond donors (Lipinski definition) is 0. The van der Waals surface area contributed by atoms with Gasteiger partial charge in [0.25, 0.3) is 0 Å². The molecular formula is C16H20N2O. The van der Waals surface area contributed by atoms with Crippen molar-refractivity contribution in [3.63, 3.8) is 0 Å². The molecule has 3 rings (SSSR count). The van der Waals surface area contributed by atoms with Crippen LogP contribution in [-0.2, 0) is 12.8 Å². The second-order valence-corrected chi connectivity index (χ2v) is 5.64. The van der Waals surface area contributed by atoms with Crippen molar-refractivity contribution in [2.75, 3.05) is 14.1 Å². The first-order valence-corrected chi connectivity index (χ1v) is 6.85. The summed E-state index contributed by atoms with van der Waals surface area (Å²) in [5, 5.41) is 3.92. The van der Waals surface area contributed by atoms with Crippen LogP contribution in [0.3, 0.4) is 0 Å². The smallest absolute Gasteiger partial charge is 0.170 e. The van der Waals surface area contributed by atoms with Gasteiger partial charge in [0.05, 0.1) is 6.20 Å². The predicted molar refractivity (Wildman–Crippen MR) is 76.2 cm³/mol. The number of likely N-dealkylation sites (N-methyl/N-ethyl adjacent to an activating group) is 1. The molecule has 0 radical (unpaired) electrons. The van der Waals surface area contributed by atoms with E-state index in [4.69, 9.17) is 4.52 Å². The van der Waals surface area contributed by atoms with Crippen LogP contribution >= 0.6 is 0 Å². The molecule has 0 saturated heterocycles. The molecule has 3 nitrogen and oxygen atoms in total. The summed E-state index contributed by atoms with van der Waals surface area (Å²) < 4.78 is 5.45. The first-order valence-electron chi connectivity index (χ1n) is 6.85. The molecule has 1 aromatic carbocycles. The largest absolute Gasteiger partial charge is 0.356 e. The molecule has 1 aliphatic rings. The van der Waals surface area contributed by atoms with Crippen LogP contribution in [0.5, 0.6) is 0 Å². The SMILES string of the molecule is Cc1cnoc1-c1cccc2c1CC(N(C)C)CC2. The molecule has 2 aromatic rings. The molecule has 3 heteroatoms. The minimum absolute atomic E-state index is 0.622. The van der Waals surface area contributed by atoms with Crippen LogP contribution < -0.4 is 0 Å². The Kier molecular flexibility index (Phi) is 3.15. The number of hydrogen-bond acceptors (Lipinski definition) is 3. The van der Waals surface area contributed by atoms with Gasteiger partial charge < -0.3 is 9.42 Å². The Morgan fingerprint density at radius 2 is 2.16 bits per heavy atom. The zero-order valence-corrected chi connectivity index (χ0v) is 11.8. The van der Waals surface area contributed by atoms with Gasteiger partial charge in [0.2, 0.25) is 0 Å². The van der Waals surface area contributed by atoms with Gasteiger partial charge in [-0.2, -0.15) is 0 Å². The molecule has 1 aromatic heterocycles. The Balaban J connectivity index is 2.06. The topological polar surface area (TPSA) is 29.3 Å². The quantitative estimate of drug-likeness (QED) is 0.827. The van der Waals surface area contributed by atoms with E-state index >= 15 is 0 Å². The molecule has 1 atom stereocenters. The van der Waals surface area contributed by atoms with Gasteiger partial charge in [-0.05, 0) is 51.4 Å². The van der Waals surface area contributed by atoms with Gasteiger partial charge in [-0.25, -0.2) is 0 Å². The molecule has 0 amide bonds. The standard InChI is InChI=1S/C16H20N2O/c1-11-10-17-19-16(11)14-6-4-5-12-7-8-13(18(2)3)9-15(12)14/h4-6,10,13H,7-9H2,1-3H3. The van der Waals surface area contributed by atoms with Gasteiger partial charge >= 0.3 is 0 Å². The van der Waals surface area contributed by atoms with Gasteiger partial charge in [0.1, 0.15) is 0 Å². The summed E-state index contributed by atoms with van der Waals surface area (Å²) in [5.41, 5.74) is 5.23. The second-order valence-electron chi connectivity index (χ2n) is 5.64. The molecule has 1 heterocycles. The number of aryl methyl sites for hydroxylation is 2. The van der Waals surface area contributed by atoms with Crippen LogP contribution in [-0.4, -0.2) is 30.2 Å². The van der Waals surface area contributed by atoms with Crippen LogP contribution in [0.15, 0.2) is 28.9 Å². The third-order valence-corrected chi connectivity index (χ3v) is 4.18. The van der Waals surface area contributed by atoms with Crippen molar-refractivity contribution >= 4 is 0 Å².